The van der Waals surface area contributed by atoms with Crippen molar-refractivity contribution in [1.82, 2.24) is 20.2 Å². The highest BCUT2D eigenvalue weighted by Gasteiger charge is 2.31. The van der Waals surface area contributed by atoms with Gasteiger partial charge in [-0.15, -0.1) is 5.10 Å². The molecular formula is C9H6F5N5. The van der Waals surface area contributed by atoms with Crippen LogP contribution in [0.5, 0.6) is 0 Å². The first-order valence-electron chi connectivity index (χ1n) is 4.86. The van der Waals surface area contributed by atoms with Gasteiger partial charge in [0.25, 0.3) is 0 Å². The van der Waals surface area contributed by atoms with Crippen LogP contribution in [0.3, 0.4) is 0 Å². The molecule has 0 fully saturated rings. The van der Waals surface area contributed by atoms with E-state index in [4.69, 9.17) is 5.73 Å². The van der Waals surface area contributed by atoms with Crippen LogP contribution < -0.4 is 5.73 Å². The van der Waals surface area contributed by atoms with Crippen molar-refractivity contribution in [3.05, 3.63) is 23.8 Å². The summed E-state index contributed by atoms with van der Waals surface area (Å²) in [6, 6.07) is 1.29. The molecule has 0 unspecified atom stereocenters. The average molecular weight is 279 g/mol. The molecule has 0 aliphatic heterocycles. The SMILES string of the molecule is Nc1cc(F)c(F)cc1-c1nnnn1CC(F)(F)F. The van der Waals surface area contributed by atoms with E-state index in [1.54, 1.807) is 0 Å². The van der Waals surface area contributed by atoms with Crippen molar-refractivity contribution in [3.8, 4) is 11.4 Å². The Labute approximate surface area is 102 Å². The molecule has 0 radical (unpaired) electrons. The number of rotatable bonds is 2. The second-order valence-electron chi connectivity index (χ2n) is 3.63. The highest BCUT2D eigenvalue weighted by atomic mass is 19.4. The van der Waals surface area contributed by atoms with Crippen molar-refractivity contribution in [2.45, 2.75) is 12.7 Å². The minimum absolute atomic E-state index is 0.215. The predicted molar refractivity (Wildman–Crippen MR) is 53.6 cm³/mol. The minimum Gasteiger partial charge on any atom is -0.398 e. The monoisotopic (exact) mass is 279 g/mol. The van der Waals surface area contributed by atoms with E-state index in [1.807, 2.05) is 0 Å². The van der Waals surface area contributed by atoms with E-state index in [-0.39, 0.29) is 11.3 Å². The zero-order valence-corrected chi connectivity index (χ0v) is 9.12. The predicted octanol–water partition coefficient (Wildman–Crippen LogP) is 1.76. The van der Waals surface area contributed by atoms with Gasteiger partial charge in [0.15, 0.2) is 17.5 Å². The molecule has 2 N–H and O–H groups in total. The van der Waals surface area contributed by atoms with Gasteiger partial charge < -0.3 is 5.73 Å². The third-order valence-corrected chi connectivity index (χ3v) is 2.19. The van der Waals surface area contributed by atoms with E-state index < -0.39 is 30.2 Å². The molecule has 0 spiro atoms. The Balaban J connectivity index is 2.49. The van der Waals surface area contributed by atoms with E-state index in [9.17, 15) is 22.0 Å². The fourth-order valence-corrected chi connectivity index (χ4v) is 1.43. The summed E-state index contributed by atoms with van der Waals surface area (Å²) < 4.78 is 63.2. The lowest BCUT2D eigenvalue weighted by Gasteiger charge is -2.09. The Morgan fingerprint density at radius 2 is 1.79 bits per heavy atom. The molecule has 0 aliphatic carbocycles. The molecule has 1 heterocycles. The van der Waals surface area contributed by atoms with E-state index in [1.165, 1.54) is 0 Å². The van der Waals surface area contributed by atoms with Gasteiger partial charge >= 0.3 is 6.18 Å². The molecule has 10 heteroatoms. The number of alkyl halides is 3. The van der Waals surface area contributed by atoms with Gasteiger partial charge in [-0.25, -0.2) is 13.5 Å². The largest absolute Gasteiger partial charge is 0.408 e. The number of halogens is 5. The van der Waals surface area contributed by atoms with Crippen LogP contribution in [0.25, 0.3) is 11.4 Å². The van der Waals surface area contributed by atoms with Gasteiger partial charge in [-0.05, 0) is 16.5 Å². The highest BCUT2D eigenvalue weighted by molar-refractivity contribution is 5.71. The van der Waals surface area contributed by atoms with Gasteiger partial charge in [-0.2, -0.15) is 13.2 Å². The molecule has 5 nitrogen and oxygen atoms in total. The number of anilines is 1. The van der Waals surface area contributed by atoms with E-state index >= 15 is 0 Å². The first-order chi connectivity index (χ1) is 8.78. The zero-order chi connectivity index (χ0) is 14.2. The molecule has 0 aliphatic rings. The van der Waals surface area contributed by atoms with E-state index in [0.29, 0.717) is 16.8 Å². The number of hydrogen-bond donors (Lipinski definition) is 1. The standard InChI is InChI=1S/C9H6F5N5/c10-5-1-4(7(15)2-6(5)11)8-16-17-18-19(8)3-9(12,13)14/h1-2H,3,15H2. The lowest BCUT2D eigenvalue weighted by atomic mass is 10.1. The summed E-state index contributed by atoms with van der Waals surface area (Å²) in [6.45, 7) is -1.46. The first kappa shape index (κ1) is 13.2. The van der Waals surface area contributed by atoms with E-state index in [0.717, 1.165) is 0 Å². The molecule has 1 aromatic heterocycles. The van der Waals surface area contributed by atoms with Crippen LogP contribution in [0, 0.1) is 11.6 Å². The molecule has 0 bridgehead atoms. The molecule has 0 atom stereocenters. The third kappa shape index (κ3) is 2.77. The summed E-state index contributed by atoms with van der Waals surface area (Å²) in [4.78, 5) is 0. The lowest BCUT2D eigenvalue weighted by molar-refractivity contribution is -0.142. The number of tetrazole rings is 1. The van der Waals surface area contributed by atoms with Crippen LogP contribution in [0.15, 0.2) is 12.1 Å². The van der Waals surface area contributed by atoms with Crippen molar-refractivity contribution in [2.75, 3.05) is 5.73 Å². The number of nitrogens with zero attached hydrogens (tertiary/aromatic N) is 4. The fourth-order valence-electron chi connectivity index (χ4n) is 1.43. The quantitative estimate of drug-likeness (QED) is 0.671. The molecule has 102 valence electrons. The number of nitrogens with two attached hydrogens (primary N) is 1. The van der Waals surface area contributed by atoms with Gasteiger partial charge in [0, 0.05) is 17.3 Å². The van der Waals surface area contributed by atoms with Crippen molar-refractivity contribution in [2.24, 2.45) is 0 Å². The maximum Gasteiger partial charge on any atom is 0.408 e. The average Bonchev–Trinajstić information content (AvgIpc) is 2.69. The van der Waals surface area contributed by atoms with Gasteiger partial charge in [-0.3, -0.25) is 0 Å². The maximum atomic E-state index is 13.1. The lowest BCUT2D eigenvalue weighted by Crippen LogP contribution is -2.19. The van der Waals surface area contributed by atoms with Crippen LogP contribution in [0.2, 0.25) is 0 Å². The summed E-state index contributed by atoms with van der Waals surface area (Å²) >= 11 is 0. The van der Waals surface area contributed by atoms with Gasteiger partial charge in [0.05, 0.1) is 0 Å². The molecule has 0 saturated heterocycles. The fraction of sp³-hybridized carbons (Fsp3) is 0.222. The number of hydrogen-bond acceptors (Lipinski definition) is 4. The Kier molecular flexibility index (Phi) is 3.08. The Bertz CT molecular complexity index is 606. The minimum atomic E-state index is -4.56. The Morgan fingerprint density at radius 3 is 2.42 bits per heavy atom. The Morgan fingerprint density at radius 1 is 1.16 bits per heavy atom. The molecule has 2 aromatic rings. The zero-order valence-electron chi connectivity index (χ0n) is 9.12. The van der Waals surface area contributed by atoms with Crippen LogP contribution in [0.4, 0.5) is 27.6 Å². The number of aromatic nitrogens is 4. The van der Waals surface area contributed by atoms with Gasteiger partial charge in [0.1, 0.15) is 6.54 Å². The Hall–Kier alpha value is -2.26. The van der Waals surface area contributed by atoms with Crippen molar-refractivity contribution >= 4 is 5.69 Å². The topological polar surface area (TPSA) is 69.6 Å². The molecule has 0 saturated carbocycles. The second-order valence-corrected chi connectivity index (χ2v) is 3.63. The first-order valence-corrected chi connectivity index (χ1v) is 4.86. The van der Waals surface area contributed by atoms with Crippen LogP contribution >= 0.6 is 0 Å². The van der Waals surface area contributed by atoms with E-state index in [2.05, 4.69) is 15.5 Å². The summed E-state index contributed by atoms with van der Waals surface area (Å²) in [6.07, 6.45) is -4.56. The summed E-state index contributed by atoms with van der Waals surface area (Å²) in [5.41, 5.74) is 4.94. The molecule has 19 heavy (non-hydrogen) atoms. The number of benzene rings is 1. The van der Waals surface area contributed by atoms with Crippen LogP contribution in [0.1, 0.15) is 0 Å². The molecular weight excluding hydrogens is 273 g/mol. The van der Waals surface area contributed by atoms with Crippen molar-refractivity contribution in [3.63, 3.8) is 0 Å². The number of nitrogen functional groups attached to an aromatic ring is 1. The second kappa shape index (κ2) is 4.44. The van der Waals surface area contributed by atoms with Crippen molar-refractivity contribution in [1.29, 1.82) is 0 Å². The smallest absolute Gasteiger partial charge is 0.398 e. The highest BCUT2D eigenvalue weighted by Crippen LogP contribution is 2.27. The normalized spacial score (nSPS) is 11.8. The summed E-state index contributed by atoms with van der Waals surface area (Å²) in [5.74, 6) is -2.87. The molecule has 0 amide bonds. The van der Waals surface area contributed by atoms with Crippen molar-refractivity contribution < 1.29 is 22.0 Å². The van der Waals surface area contributed by atoms with Crippen LogP contribution in [-0.4, -0.2) is 26.4 Å². The third-order valence-electron chi connectivity index (χ3n) is 2.19. The maximum absolute atomic E-state index is 13.1. The molecule has 1 aromatic carbocycles. The summed E-state index contributed by atoms with van der Waals surface area (Å²) in [5, 5.41) is 9.54. The van der Waals surface area contributed by atoms with Crippen LogP contribution in [-0.2, 0) is 6.54 Å². The molecule has 2 rings (SSSR count). The summed E-state index contributed by atoms with van der Waals surface area (Å²) in [7, 11) is 0. The van der Waals surface area contributed by atoms with Gasteiger partial charge in [0.2, 0.25) is 0 Å². The van der Waals surface area contributed by atoms with Gasteiger partial charge in [-0.1, -0.05) is 0 Å².